The molecule has 0 aliphatic heterocycles. The molecule has 0 bridgehead atoms. The van der Waals surface area contributed by atoms with Gasteiger partial charge in [-0.1, -0.05) is 12.1 Å². The van der Waals surface area contributed by atoms with Crippen LogP contribution in [0.1, 0.15) is 0 Å². The molecule has 0 atom stereocenters. The number of anilines is 2. The Labute approximate surface area is 107 Å². The number of nitro benzene ring substituents is 1. The second-order valence-corrected chi connectivity index (χ2v) is 3.43. The molecule has 2 N–H and O–H groups in total. The van der Waals surface area contributed by atoms with Gasteiger partial charge in [0.2, 0.25) is 5.95 Å². The minimum Gasteiger partial charge on any atom is -0.302 e. The van der Waals surface area contributed by atoms with E-state index >= 15 is 0 Å². The van der Waals surface area contributed by atoms with Gasteiger partial charge in [0.05, 0.1) is 4.92 Å². The summed E-state index contributed by atoms with van der Waals surface area (Å²) in [5.41, 5.74) is -0.0902. The number of hydrogen-bond donors (Lipinski definition) is 2. The number of carbonyl (C=O) groups excluding carboxylic acids is 1. The third-order valence-corrected chi connectivity index (χ3v) is 2.14. The predicted octanol–water partition coefficient (Wildman–Crippen LogP) is 2.03. The van der Waals surface area contributed by atoms with Crippen molar-refractivity contribution in [3.05, 3.63) is 52.8 Å². The number of carbonyl (C=O) groups is 1. The maximum atomic E-state index is 11.6. The van der Waals surface area contributed by atoms with Crippen molar-refractivity contribution in [2.24, 2.45) is 0 Å². The van der Waals surface area contributed by atoms with Crippen molar-refractivity contribution in [2.45, 2.75) is 0 Å². The average molecular weight is 259 g/mol. The normalized spacial score (nSPS) is 9.68. The molecule has 0 aliphatic carbocycles. The van der Waals surface area contributed by atoms with E-state index in [9.17, 15) is 14.9 Å². The number of hydrogen-bond acceptors (Lipinski definition) is 5. The van der Waals surface area contributed by atoms with Crippen molar-refractivity contribution in [2.75, 3.05) is 10.6 Å². The number of rotatable bonds is 3. The molecule has 1 aromatic carbocycles. The van der Waals surface area contributed by atoms with E-state index in [0.29, 0.717) is 0 Å². The van der Waals surface area contributed by atoms with E-state index < -0.39 is 11.0 Å². The van der Waals surface area contributed by atoms with Crippen LogP contribution in [0.5, 0.6) is 0 Å². The Morgan fingerprint density at radius 3 is 2.47 bits per heavy atom. The number of nitrogens with one attached hydrogen (secondary N) is 2. The van der Waals surface area contributed by atoms with Crippen LogP contribution in [-0.4, -0.2) is 20.9 Å². The fraction of sp³-hybridized carbons (Fsp3) is 0. The first-order valence-electron chi connectivity index (χ1n) is 5.25. The highest BCUT2D eigenvalue weighted by Crippen LogP contribution is 2.23. The molecule has 96 valence electrons. The van der Waals surface area contributed by atoms with Gasteiger partial charge in [0, 0.05) is 18.5 Å². The number of amides is 2. The maximum Gasteiger partial charge on any atom is 0.326 e. The minimum atomic E-state index is -0.652. The number of para-hydroxylation sites is 2. The summed E-state index contributed by atoms with van der Waals surface area (Å²) in [7, 11) is 0. The lowest BCUT2D eigenvalue weighted by Gasteiger charge is -2.06. The van der Waals surface area contributed by atoms with Gasteiger partial charge < -0.3 is 5.32 Å². The summed E-state index contributed by atoms with van der Waals surface area (Å²) in [4.78, 5) is 29.4. The van der Waals surface area contributed by atoms with Crippen LogP contribution in [0.15, 0.2) is 42.7 Å². The van der Waals surface area contributed by atoms with E-state index in [0.717, 1.165) is 0 Å². The minimum absolute atomic E-state index is 0.0981. The summed E-state index contributed by atoms with van der Waals surface area (Å²) >= 11 is 0. The molecule has 8 heteroatoms. The second kappa shape index (κ2) is 5.54. The van der Waals surface area contributed by atoms with Gasteiger partial charge in [-0.2, -0.15) is 0 Å². The van der Waals surface area contributed by atoms with Gasteiger partial charge in [0.25, 0.3) is 5.69 Å². The van der Waals surface area contributed by atoms with Crippen molar-refractivity contribution >= 4 is 23.4 Å². The predicted molar refractivity (Wildman–Crippen MR) is 67.8 cm³/mol. The highest BCUT2D eigenvalue weighted by atomic mass is 16.6. The zero-order valence-corrected chi connectivity index (χ0v) is 9.61. The van der Waals surface area contributed by atoms with Gasteiger partial charge in [-0.15, -0.1) is 0 Å². The fourth-order valence-electron chi connectivity index (χ4n) is 1.36. The van der Waals surface area contributed by atoms with E-state index in [1.165, 1.54) is 30.6 Å². The van der Waals surface area contributed by atoms with Crippen molar-refractivity contribution in [1.82, 2.24) is 9.97 Å². The summed E-state index contributed by atoms with van der Waals surface area (Å²) in [6.45, 7) is 0. The van der Waals surface area contributed by atoms with Crippen LogP contribution < -0.4 is 10.6 Å². The molecule has 0 radical (unpaired) electrons. The highest BCUT2D eigenvalue weighted by Gasteiger charge is 2.14. The molecule has 1 heterocycles. The third-order valence-electron chi connectivity index (χ3n) is 2.14. The topological polar surface area (TPSA) is 110 Å². The molecule has 2 rings (SSSR count). The summed E-state index contributed by atoms with van der Waals surface area (Å²) in [5, 5.41) is 15.5. The molecule has 2 amide bonds. The van der Waals surface area contributed by atoms with Gasteiger partial charge in [0.1, 0.15) is 5.69 Å². The second-order valence-electron chi connectivity index (χ2n) is 3.43. The van der Waals surface area contributed by atoms with Crippen LogP contribution in [0.25, 0.3) is 0 Å². The van der Waals surface area contributed by atoms with E-state index in [2.05, 4.69) is 20.6 Å². The number of benzene rings is 1. The molecule has 0 saturated heterocycles. The molecular formula is C11H9N5O3. The van der Waals surface area contributed by atoms with Gasteiger partial charge in [-0.05, 0) is 12.1 Å². The molecule has 2 aromatic rings. The van der Waals surface area contributed by atoms with Crippen LogP contribution in [0.4, 0.5) is 22.1 Å². The van der Waals surface area contributed by atoms with Crippen molar-refractivity contribution < 1.29 is 9.72 Å². The molecule has 0 fully saturated rings. The Morgan fingerprint density at radius 2 is 1.79 bits per heavy atom. The van der Waals surface area contributed by atoms with Gasteiger partial charge in [-0.25, -0.2) is 14.8 Å². The average Bonchev–Trinajstić information content (AvgIpc) is 2.40. The quantitative estimate of drug-likeness (QED) is 0.647. The Morgan fingerprint density at radius 1 is 1.11 bits per heavy atom. The van der Waals surface area contributed by atoms with E-state index in [-0.39, 0.29) is 17.3 Å². The lowest BCUT2D eigenvalue weighted by molar-refractivity contribution is -0.383. The van der Waals surface area contributed by atoms with Crippen LogP contribution >= 0.6 is 0 Å². The SMILES string of the molecule is O=C(Nc1ncccn1)Nc1ccccc1[N+](=O)[O-]. The monoisotopic (exact) mass is 259 g/mol. The third kappa shape index (κ3) is 3.22. The number of nitro groups is 1. The van der Waals surface area contributed by atoms with Crippen LogP contribution in [-0.2, 0) is 0 Å². The van der Waals surface area contributed by atoms with E-state index in [4.69, 9.17) is 0 Å². The standard InChI is InChI=1S/C11H9N5O3/c17-11(15-10-12-6-3-7-13-10)14-8-4-1-2-5-9(8)16(18)19/h1-7H,(H2,12,13,14,15,17). The Hall–Kier alpha value is -3.03. The van der Waals surface area contributed by atoms with Crippen molar-refractivity contribution in [3.8, 4) is 0 Å². The first kappa shape index (κ1) is 12.4. The summed E-state index contributed by atoms with van der Waals surface area (Å²) < 4.78 is 0. The van der Waals surface area contributed by atoms with Gasteiger partial charge in [0.15, 0.2) is 0 Å². The number of nitrogens with zero attached hydrogens (tertiary/aromatic N) is 3. The molecule has 19 heavy (non-hydrogen) atoms. The van der Waals surface area contributed by atoms with Crippen molar-refractivity contribution in [1.29, 1.82) is 0 Å². The Balaban J connectivity index is 2.09. The lowest BCUT2D eigenvalue weighted by atomic mass is 10.3. The molecular weight excluding hydrogens is 250 g/mol. The lowest BCUT2D eigenvalue weighted by Crippen LogP contribution is -2.21. The molecule has 1 aromatic heterocycles. The first-order chi connectivity index (χ1) is 9.16. The zero-order chi connectivity index (χ0) is 13.7. The van der Waals surface area contributed by atoms with Crippen molar-refractivity contribution in [3.63, 3.8) is 0 Å². The molecule has 0 aliphatic rings. The number of aromatic nitrogens is 2. The van der Waals surface area contributed by atoms with Crippen LogP contribution in [0.2, 0.25) is 0 Å². The molecule has 0 spiro atoms. The summed E-state index contributed by atoms with van der Waals surface area (Å²) in [6, 6.07) is 6.78. The summed E-state index contributed by atoms with van der Waals surface area (Å²) in [6.07, 6.45) is 2.93. The van der Waals surface area contributed by atoms with Crippen LogP contribution in [0.3, 0.4) is 0 Å². The van der Waals surface area contributed by atoms with E-state index in [1.807, 2.05) is 0 Å². The largest absolute Gasteiger partial charge is 0.326 e. The molecule has 0 saturated carbocycles. The highest BCUT2D eigenvalue weighted by molar-refractivity contribution is 6.00. The van der Waals surface area contributed by atoms with Gasteiger partial charge in [-0.3, -0.25) is 15.4 Å². The van der Waals surface area contributed by atoms with E-state index in [1.54, 1.807) is 12.1 Å². The zero-order valence-electron chi connectivity index (χ0n) is 9.61. The van der Waals surface area contributed by atoms with Gasteiger partial charge >= 0.3 is 6.03 Å². The number of urea groups is 1. The molecule has 0 unspecified atom stereocenters. The Kier molecular flexibility index (Phi) is 3.62. The smallest absolute Gasteiger partial charge is 0.302 e. The van der Waals surface area contributed by atoms with Crippen LogP contribution in [0, 0.1) is 10.1 Å². The summed E-state index contributed by atoms with van der Waals surface area (Å²) in [5.74, 6) is 0.110. The first-order valence-corrected chi connectivity index (χ1v) is 5.25. The fourth-order valence-corrected chi connectivity index (χ4v) is 1.36. The molecule has 8 nitrogen and oxygen atoms in total. The Bertz CT molecular complexity index is 602. The maximum absolute atomic E-state index is 11.6.